The zero-order chi connectivity index (χ0) is 13.7. The standard InChI is InChI=1S/C15H18N2O2/c1-3-19-13-6-4-5-11(9-13)17-15-10-12(18-2)7-8-14(15)16/h4-10,17H,3,16H2,1-2H3. The van der Waals surface area contributed by atoms with Crippen LogP contribution < -0.4 is 20.5 Å². The van der Waals surface area contributed by atoms with Crippen molar-refractivity contribution in [2.45, 2.75) is 6.92 Å². The lowest BCUT2D eigenvalue weighted by molar-refractivity contribution is 0.340. The fraction of sp³-hybridized carbons (Fsp3) is 0.200. The van der Waals surface area contributed by atoms with Gasteiger partial charge in [0.25, 0.3) is 0 Å². The van der Waals surface area contributed by atoms with Crippen LogP contribution in [-0.2, 0) is 0 Å². The summed E-state index contributed by atoms with van der Waals surface area (Å²) in [5, 5.41) is 3.26. The Balaban J connectivity index is 2.22. The predicted molar refractivity (Wildman–Crippen MR) is 78.3 cm³/mol. The summed E-state index contributed by atoms with van der Waals surface area (Å²) >= 11 is 0. The van der Waals surface area contributed by atoms with Gasteiger partial charge >= 0.3 is 0 Å². The number of hydrogen-bond acceptors (Lipinski definition) is 4. The minimum absolute atomic E-state index is 0.644. The Kier molecular flexibility index (Phi) is 4.13. The SMILES string of the molecule is CCOc1cccc(Nc2cc(OC)ccc2N)c1. The highest BCUT2D eigenvalue weighted by molar-refractivity contribution is 5.74. The van der Waals surface area contributed by atoms with E-state index in [0.29, 0.717) is 12.3 Å². The van der Waals surface area contributed by atoms with Crippen molar-refractivity contribution < 1.29 is 9.47 Å². The van der Waals surface area contributed by atoms with Crippen molar-refractivity contribution in [3.05, 3.63) is 42.5 Å². The van der Waals surface area contributed by atoms with Crippen LogP contribution in [-0.4, -0.2) is 13.7 Å². The van der Waals surface area contributed by atoms with Crippen LogP contribution in [0.1, 0.15) is 6.92 Å². The number of ether oxygens (including phenoxy) is 2. The third-order valence-corrected chi connectivity index (χ3v) is 2.68. The topological polar surface area (TPSA) is 56.5 Å². The minimum Gasteiger partial charge on any atom is -0.497 e. The molecule has 0 aliphatic heterocycles. The Morgan fingerprint density at radius 1 is 1.11 bits per heavy atom. The van der Waals surface area contributed by atoms with Crippen LogP contribution >= 0.6 is 0 Å². The average Bonchev–Trinajstić information content (AvgIpc) is 2.42. The zero-order valence-corrected chi connectivity index (χ0v) is 11.1. The van der Waals surface area contributed by atoms with Crippen molar-refractivity contribution in [1.29, 1.82) is 0 Å². The second-order valence-corrected chi connectivity index (χ2v) is 4.04. The van der Waals surface area contributed by atoms with Crippen LogP contribution in [0.25, 0.3) is 0 Å². The van der Waals surface area contributed by atoms with Gasteiger partial charge in [-0.25, -0.2) is 0 Å². The number of nitrogen functional groups attached to an aromatic ring is 1. The van der Waals surface area contributed by atoms with Gasteiger partial charge < -0.3 is 20.5 Å². The molecule has 0 aromatic heterocycles. The van der Waals surface area contributed by atoms with Crippen LogP contribution in [0.5, 0.6) is 11.5 Å². The first kappa shape index (κ1) is 13.1. The van der Waals surface area contributed by atoms with Crippen LogP contribution in [0.2, 0.25) is 0 Å². The number of methoxy groups -OCH3 is 1. The normalized spacial score (nSPS) is 10.0. The van der Waals surface area contributed by atoms with Crippen molar-refractivity contribution in [2.24, 2.45) is 0 Å². The number of benzene rings is 2. The summed E-state index contributed by atoms with van der Waals surface area (Å²) in [5.74, 6) is 1.59. The monoisotopic (exact) mass is 258 g/mol. The first-order valence-electron chi connectivity index (χ1n) is 6.16. The number of hydrogen-bond donors (Lipinski definition) is 2. The summed E-state index contributed by atoms with van der Waals surface area (Å²) in [5.41, 5.74) is 8.34. The molecule has 0 saturated carbocycles. The summed E-state index contributed by atoms with van der Waals surface area (Å²) in [4.78, 5) is 0. The van der Waals surface area contributed by atoms with E-state index in [-0.39, 0.29) is 0 Å². The van der Waals surface area contributed by atoms with Gasteiger partial charge in [-0.2, -0.15) is 0 Å². The second-order valence-electron chi connectivity index (χ2n) is 4.04. The third kappa shape index (κ3) is 3.31. The van der Waals surface area contributed by atoms with Gasteiger partial charge in [0.2, 0.25) is 0 Å². The fourth-order valence-electron chi connectivity index (χ4n) is 1.76. The maximum atomic E-state index is 5.94. The van der Waals surface area contributed by atoms with E-state index >= 15 is 0 Å². The molecule has 0 bridgehead atoms. The number of rotatable bonds is 5. The van der Waals surface area contributed by atoms with Crippen LogP contribution in [0, 0.1) is 0 Å². The molecule has 4 heteroatoms. The van der Waals surface area contributed by atoms with E-state index in [4.69, 9.17) is 15.2 Å². The molecule has 0 amide bonds. The van der Waals surface area contributed by atoms with Crippen molar-refractivity contribution >= 4 is 17.1 Å². The van der Waals surface area contributed by atoms with E-state index in [1.807, 2.05) is 49.4 Å². The maximum Gasteiger partial charge on any atom is 0.121 e. The van der Waals surface area contributed by atoms with Crippen molar-refractivity contribution in [2.75, 3.05) is 24.8 Å². The first-order chi connectivity index (χ1) is 9.22. The molecule has 3 N–H and O–H groups in total. The quantitative estimate of drug-likeness (QED) is 0.807. The van der Waals surface area contributed by atoms with Gasteiger partial charge in [-0.15, -0.1) is 0 Å². The van der Waals surface area contributed by atoms with E-state index in [1.54, 1.807) is 7.11 Å². The van der Waals surface area contributed by atoms with E-state index in [0.717, 1.165) is 22.9 Å². The Hall–Kier alpha value is -2.36. The predicted octanol–water partition coefficient (Wildman–Crippen LogP) is 3.42. The van der Waals surface area contributed by atoms with Gasteiger partial charge in [0.05, 0.1) is 25.1 Å². The molecule has 0 heterocycles. The molecular weight excluding hydrogens is 240 g/mol. The van der Waals surface area contributed by atoms with E-state index in [9.17, 15) is 0 Å². The lowest BCUT2D eigenvalue weighted by Gasteiger charge is -2.12. The molecule has 0 fully saturated rings. The lowest BCUT2D eigenvalue weighted by Crippen LogP contribution is -1.98. The molecule has 0 spiro atoms. The number of anilines is 3. The summed E-state index contributed by atoms with van der Waals surface area (Å²) in [6.07, 6.45) is 0. The van der Waals surface area contributed by atoms with Crippen LogP contribution in [0.3, 0.4) is 0 Å². The van der Waals surface area contributed by atoms with E-state index in [1.165, 1.54) is 0 Å². The highest BCUT2D eigenvalue weighted by Crippen LogP contribution is 2.28. The highest BCUT2D eigenvalue weighted by atomic mass is 16.5. The molecule has 0 saturated heterocycles. The van der Waals surface area contributed by atoms with E-state index in [2.05, 4.69) is 5.32 Å². The number of nitrogens with two attached hydrogens (primary N) is 1. The summed E-state index contributed by atoms with van der Waals surface area (Å²) in [6.45, 7) is 2.60. The Morgan fingerprint density at radius 2 is 1.95 bits per heavy atom. The van der Waals surface area contributed by atoms with Gasteiger partial charge in [-0.05, 0) is 31.2 Å². The molecule has 19 heavy (non-hydrogen) atoms. The smallest absolute Gasteiger partial charge is 0.121 e. The molecule has 0 radical (unpaired) electrons. The molecule has 4 nitrogen and oxygen atoms in total. The molecule has 2 aromatic rings. The number of nitrogens with one attached hydrogen (secondary N) is 1. The summed E-state index contributed by atoms with van der Waals surface area (Å²) < 4.78 is 10.7. The molecule has 0 unspecified atom stereocenters. The minimum atomic E-state index is 0.644. The second kappa shape index (κ2) is 6.00. The molecule has 0 aliphatic carbocycles. The van der Waals surface area contributed by atoms with Crippen LogP contribution in [0.4, 0.5) is 17.1 Å². The van der Waals surface area contributed by atoms with E-state index < -0.39 is 0 Å². The van der Waals surface area contributed by atoms with Gasteiger partial charge in [0, 0.05) is 17.8 Å². The molecule has 2 rings (SSSR count). The summed E-state index contributed by atoms with van der Waals surface area (Å²) in [6, 6.07) is 13.3. The molecule has 2 aromatic carbocycles. The Labute approximate surface area is 113 Å². The van der Waals surface area contributed by atoms with Gasteiger partial charge in [0.15, 0.2) is 0 Å². The lowest BCUT2D eigenvalue weighted by atomic mass is 10.2. The Morgan fingerprint density at radius 3 is 2.68 bits per heavy atom. The Bertz CT molecular complexity index is 556. The molecular formula is C15H18N2O2. The first-order valence-corrected chi connectivity index (χ1v) is 6.16. The highest BCUT2D eigenvalue weighted by Gasteiger charge is 2.03. The molecule has 100 valence electrons. The van der Waals surface area contributed by atoms with Crippen molar-refractivity contribution in [3.63, 3.8) is 0 Å². The molecule has 0 atom stereocenters. The third-order valence-electron chi connectivity index (χ3n) is 2.68. The summed E-state index contributed by atoms with van der Waals surface area (Å²) in [7, 11) is 1.63. The van der Waals surface area contributed by atoms with Crippen molar-refractivity contribution in [3.8, 4) is 11.5 Å². The maximum absolute atomic E-state index is 5.94. The molecule has 0 aliphatic rings. The van der Waals surface area contributed by atoms with Gasteiger partial charge in [0.1, 0.15) is 11.5 Å². The average molecular weight is 258 g/mol. The zero-order valence-electron chi connectivity index (χ0n) is 11.1. The van der Waals surface area contributed by atoms with Crippen molar-refractivity contribution in [1.82, 2.24) is 0 Å². The fourth-order valence-corrected chi connectivity index (χ4v) is 1.76. The van der Waals surface area contributed by atoms with Gasteiger partial charge in [-0.1, -0.05) is 6.07 Å². The van der Waals surface area contributed by atoms with Crippen LogP contribution in [0.15, 0.2) is 42.5 Å². The van der Waals surface area contributed by atoms with Gasteiger partial charge in [-0.3, -0.25) is 0 Å². The largest absolute Gasteiger partial charge is 0.497 e.